The molecule has 2 rings (SSSR count). The van der Waals surface area contributed by atoms with Crippen molar-refractivity contribution >= 4 is 5.96 Å². The zero-order chi connectivity index (χ0) is 18.1. The first kappa shape index (κ1) is 20.5. The molecule has 2 N–H and O–H groups in total. The van der Waals surface area contributed by atoms with E-state index in [4.69, 9.17) is 4.74 Å². The van der Waals surface area contributed by atoms with Crippen LogP contribution in [0.5, 0.6) is 0 Å². The van der Waals surface area contributed by atoms with E-state index in [-0.39, 0.29) is 0 Å². The molecule has 146 valence electrons. The van der Waals surface area contributed by atoms with Gasteiger partial charge in [-0.3, -0.25) is 9.89 Å². The molecule has 0 aromatic heterocycles. The van der Waals surface area contributed by atoms with Crippen LogP contribution in [-0.4, -0.2) is 86.9 Å². The SMILES string of the molecule is CCCCN1CCC(NC(=NC)NCC(C)N2CCOCC2C)CC1. The van der Waals surface area contributed by atoms with Gasteiger partial charge < -0.3 is 20.3 Å². The molecule has 0 bridgehead atoms. The molecule has 2 heterocycles. The van der Waals surface area contributed by atoms with Gasteiger partial charge in [0.05, 0.1) is 13.2 Å². The fraction of sp³-hybridized carbons (Fsp3) is 0.947. The maximum absolute atomic E-state index is 5.54. The highest BCUT2D eigenvalue weighted by atomic mass is 16.5. The second kappa shape index (κ2) is 11.0. The van der Waals surface area contributed by atoms with Crippen molar-refractivity contribution in [3.05, 3.63) is 0 Å². The van der Waals surface area contributed by atoms with Crippen molar-refractivity contribution in [3.63, 3.8) is 0 Å². The summed E-state index contributed by atoms with van der Waals surface area (Å²) in [6.07, 6.45) is 5.02. The highest BCUT2D eigenvalue weighted by Crippen LogP contribution is 2.12. The minimum absolute atomic E-state index is 0.480. The van der Waals surface area contributed by atoms with Crippen LogP contribution >= 0.6 is 0 Å². The fourth-order valence-corrected chi connectivity index (χ4v) is 3.83. The van der Waals surface area contributed by atoms with E-state index in [2.05, 4.69) is 46.2 Å². The number of ether oxygens (including phenoxy) is 1. The lowest BCUT2D eigenvalue weighted by Crippen LogP contribution is -2.54. The summed E-state index contributed by atoms with van der Waals surface area (Å²) in [4.78, 5) is 9.55. The largest absolute Gasteiger partial charge is 0.379 e. The summed E-state index contributed by atoms with van der Waals surface area (Å²) in [6, 6.07) is 1.52. The third kappa shape index (κ3) is 6.76. The zero-order valence-electron chi connectivity index (χ0n) is 16.8. The molecule has 2 unspecified atom stereocenters. The van der Waals surface area contributed by atoms with E-state index in [0.717, 1.165) is 32.3 Å². The second-order valence-electron chi connectivity index (χ2n) is 7.58. The Bertz CT molecular complexity index is 395. The molecule has 2 aliphatic rings. The van der Waals surface area contributed by atoms with Crippen LogP contribution < -0.4 is 10.6 Å². The number of nitrogens with one attached hydrogen (secondary N) is 2. The van der Waals surface area contributed by atoms with Crippen LogP contribution in [0.3, 0.4) is 0 Å². The van der Waals surface area contributed by atoms with Crippen LogP contribution in [0, 0.1) is 0 Å². The Morgan fingerprint density at radius 2 is 2.04 bits per heavy atom. The molecule has 0 amide bonds. The minimum atomic E-state index is 0.480. The number of guanidine groups is 1. The Labute approximate surface area is 154 Å². The molecule has 2 fully saturated rings. The lowest BCUT2D eigenvalue weighted by atomic mass is 10.0. The van der Waals surface area contributed by atoms with E-state index in [0.29, 0.717) is 18.1 Å². The standard InChI is InChI=1S/C19H39N5O/c1-5-6-9-23-10-7-18(8-11-23)22-19(20-4)21-14-16(2)24-12-13-25-15-17(24)3/h16-18H,5-15H2,1-4H3,(H2,20,21,22). The number of hydrogen-bond donors (Lipinski definition) is 2. The first-order valence-corrected chi connectivity index (χ1v) is 10.2. The van der Waals surface area contributed by atoms with Crippen LogP contribution in [0.4, 0.5) is 0 Å². The van der Waals surface area contributed by atoms with Crippen molar-refractivity contribution < 1.29 is 4.74 Å². The number of piperidine rings is 1. The Balaban J connectivity index is 1.68. The number of likely N-dealkylation sites (tertiary alicyclic amines) is 1. The first-order valence-electron chi connectivity index (χ1n) is 10.2. The highest BCUT2D eigenvalue weighted by Gasteiger charge is 2.24. The van der Waals surface area contributed by atoms with Gasteiger partial charge >= 0.3 is 0 Å². The summed E-state index contributed by atoms with van der Waals surface area (Å²) in [7, 11) is 1.87. The van der Waals surface area contributed by atoms with Gasteiger partial charge in [-0.2, -0.15) is 0 Å². The van der Waals surface area contributed by atoms with E-state index in [1.807, 2.05) is 7.05 Å². The lowest BCUT2D eigenvalue weighted by molar-refractivity contribution is -0.0174. The number of morpholine rings is 1. The van der Waals surface area contributed by atoms with Crippen LogP contribution in [0.2, 0.25) is 0 Å². The molecule has 6 nitrogen and oxygen atoms in total. The van der Waals surface area contributed by atoms with E-state index in [1.165, 1.54) is 45.3 Å². The average Bonchev–Trinajstić information content (AvgIpc) is 2.64. The van der Waals surface area contributed by atoms with Gasteiger partial charge in [0.1, 0.15) is 0 Å². The normalized spacial score (nSPS) is 25.8. The molecular formula is C19H39N5O. The van der Waals surface area contributed by atoms with Crippen LogP contribution in [0.25, 0.3) is 0 Å². The van der Waals surface area contributed by atoms with Crippen LogP contribution in [-0.2, 0) is 4.74 Å². The van der Waals surface area contributed by atoms with Gasteiger partial charge in [0.25, 0.3) is 0 Å². The number of hydrogen-bond acceptors (Lipinski definition) is 4. The summed E-state index contributed by atoms with van der Waals surface area (Å²) < 4.78 is 5.54. The molecule has 25 heavy (non-hydrogen) atoms. The summed E-state index contributed by atoms with van der Waals surface area (Å²) in [5.41, 5.74) is 0. The molecule has 6 heteroatoms. The van der Waals surface area contributed by atoms with E-state index in [9.17, 15) is 0 Å². The summed E-state index contributed by atoms with van der Waals surface area (Å²) in [5.74, 6) is 0.944. The third-order valence-corrected chi connectivity index (χ3v) is 5.53. The second-order valence-corrected chi connectivity index (χ2v) is 7.58. The highest BCUT2D eigenvalue weighted by molar-refractivity contribution is 5.80. The van der Waals surface area contributed by atoms with Crippen molar-refractivity contribution in [2.45, 2.75) is 64.6 Å². The summed E-state index contributed by atoms with van der Waals surface area (Å²) in [6.45, 7) is 14.1. The van der Waals surface area contributed by atoms with Gasteiger partial charge in [-0.1, -0.05) is 13.3 Å². The molecule has 2 aliphatic heterocycles. The van der Waals surface area contributed by atoms with Crippen LogP contribution in [0.15, 0.2) is 4.99 Å². The Hall–Kier alpha value is -0.850. The van der Waals surface area contributed by atoms with Gasteiger partial charge in [0, 0.05) is 51.4 Å². The Morgan fingerprint density at radius 3 is 2.68 bits per heavy atom. The number of aliphatic imine (C=N–C) groups is 1. The monoisotopic (exact) mass is 353 g/mol. The number of rotatable bonds is 7. The van der Waals surface area contributed by atoms with Crippen molar-refractivity contribution in [1.29, 1.82) is 0 Å². The molecule has 0 spiro atoms. The molecule has 0 aliphatic carbocycles. The van der Waals surface area contributed by atoms with Crippen molar-refractivity contribution in [3.8, 4) is 0 Å². The van der Waals surface area contributed by atoms with E-state index in [1.54, 1.807) is 0 Å². The third-order valence-electron chi connectivity index (χ3n) is 5.53. The molecule has 0 radical (unpaired) electrons. The summed E-state index contributed by atoms with van der Waals surface area (Å²) in [5, 5.41) is 7.14. The predicted molar refractivity (Wildman–Crippen MR) is 105 cm³/mol. The molecule has 0 aromatic carbocycles. The topological polar surface area (TPSA) is 52.1 Å². The van der Waals surface area contributed by atoms with Gasteiger partial charge in [0.2, 0.25) is 0 Å². The first-order chi connectivity index (χ1) is 12.1. The maximum atomic E-state index is 5.54. The molecule has 0 aromatic rings. The zero-order valence-corrected chi connectivity index (χ0v) is 16.8. The predicted octanol–water partition coefficient (Wildman–Crippen LogP) is 1.53. The van der Waals surface area contributed by atoms with Crippen LogP contribution in [0.1, 0.15) is 46.5 Å². The molecule has 0 saturated carbocycles. The Morgan fingerprint density at radius 1 is 1.28 bits per heavy atom. The fourth-order valence-electron chi connectivity index (χ4n) is 3.83. The van der Waals surface area contributed by atoms with E-state index >= 15 is 0 Å². The lowest BCUT2D eigenvalue weighted by Gasteiger charge is -2.38. The number of unbranched alkanes of at least 4 members (excludes halogenated alkanes) is 1. The minimum Gasteiger partial charge on any atom is -0.379 e. The van der Waals surface area contributed by atoms with Crippen molar-refractivity contribution in [1.82, 2.24) is 20.4 Å². The molecule has 2 atom stereocenters. The average molecular weight is 354 g/mol. The maximum Gasteiger partial charge on any atom is 0.191 e. The van der Waals surface area contributed by atoms with Gasteiger partial charge in [-0.25, -0.2) is 0 Å². The number of nitrogens with zero attached hydrogens (tertiary/aromatic N) is 3. The quantitative estimate of drug-likeness (QED) is 0.537. The van der Waals surface area contributed by atoms with Crippen molar-refractivity contribution in [2.24, 2.45) is 4.99 Å². The van der Waals surface area contributed by atoms with Crippen molar-refractivity contribution in [2.75, 3.05) is 53.0 Å². The molecular weight excluding hydrogens is 314 g/mol. The van der Waals surface area contributed by atoms with Gasteiger partial charge in [0.15, 0.2) is 5.96 Å². The van der Waals surface area contributed by atoms with Gasteiger partial charge in [-0.05, 0) is 39.7 Å². The Kier molecular flexibility index (Phi) is 8.99. The summed E-state index contributed by atoms with van der Waals surface area (Å²) >= 11 is 0. The van der Waals surface area contributed by atoms with E-state index < -0.39 is 0 Å². The molecule has 2 saturated heterocycles. The van der Waals surface area contributed by atoms with Gasteiger partial charge in [-0.15, -0.1) is 0 Å². The smallest absolute Gasteiger partial charge is 0.191 e.